The van der Waals surface area contributed by atoms with Gasteiger partial charge in [0.15, 0.2) is 0 Å². The molecular formula is C19H25NO5. The minimum absolute atomic E-state index is 0.148. The van der Waals surface area contributed by atoms with Crippen molar-refractivity contribution in [3.8, 4) is 5.75 Å². The lowest BCUT2D eigenvalue weighted by Crippen LogP contribution is -2.45. The summed E-state index contributed by atoms with van der Waals surface area (Å²) in [6.07, 6.45) is 0.453. The maximum absolute atomic E-state index is 12.9. The number of carboxylic acids is 1. The van der Waals surface area contributed by atoms with Crippen LogP contribution in [-0.2, 0) is 9.53 Å². The highest BCUT2D eigenvalue weighted by atomic mass is 16.5. The predicted octanol–water partition coefficient (Wildman–Crippen LogP) is 2.28. The van der Waals surface area contributed by atoms with Gasteiger partial charge in [-0.1, -0.05) is 19.9 Å². The molecule has 1 aromatic carbocycles. The van der Waals surface area contributed by atoms with Gasteiger partial charge in [0, 0.05) is 31.2 Å². The number of likely N-dealkylation sites (tertiary alicyclic amines) is 1. The number of rotatable bonds is 5. The highest BCUT2D eigenvalue weighted by molar-refractivity contribution is 5.95. The summed E-state index contributed by atoms with van der Waals surface area (Å²) in [5.74, 6) is -0.0675. The van der Waals surface area contributed by atoms with Crippen molar-refractivity contribution in [1.29, 1.82) is 0 Å². The molecular weight excluding hydrogens is 322 g/mol. The van der Waals surface area contributed by atoms with E-state index in [0.717, 1.165) is 0 Å². The second kappa shape index (κ2) is 7.04. The number of carbonyl (C=O) groups is 2. The number of amides is 1. The Bertz CT molecular complexity index is 659. The van der Waals surface area contributed by atoms with E-state index in [9.17, 15) is 14.7 Å². The Morgan fingerprint density at radius 1 is 1.44 bits per heavy atom. The number of hydrogen-bond acceptors (Lipinski definition) is 4. The fraction of sp³-hybridized carbons (Fsp3) is 0.579. The summed E-state index contributed by atoms with van der Waals surface area (Å²) in [5, 5.41) is 9.72. The van der Waals surface area contributed by atoms with Crippen LogP contribution < -0.4 is 4.74 Å². The molecule has 1 aromatic rings. The molecule has 0 radical (unpaired) electrons. The standard InChI is InChI=1S/C19H25NO5/c1-13(2)10-25-16-5-3-4-14(8-16)17(21)20-9-15-11-24-7-6-19(15,12-20)18(22)23/h3-5,8,13,15H,6-7,9-12H2,1-2H3,(H,22,23)/t15-,19+/m0/s1. The van der Waals surface area contributed by atoms with Crippen molar-refractivity contribution in [2.24, 2.45) is 17.3 Å². The Kier molecular flexibility index (Phi) is 4.99. The van der Waals surface area contributed by atoms with Gasteiger partial charge in [0.25, 0.3) is 5.91 Å². The first-order chi connectivity index (χ1) is 11.9. The highest BCUT2D eigenvalue weighted by Gasteiger charge is 2.54. The molecule has 2 saturated heterocycles. The zero-order chi connectivity index (χ0) is 18.0. The zero-order valence-electron chi connectivity index (χ0n) is 14.7. The minimum Gasteiger partial charge on any atom is -0.493 e. The molecule has 136 valence electrons. The minimum atomic E-state index is -0.875. The van der Waals surface area contributed by atoms with E-state index in [4.69, 9.17) is 9.47 Å². The van der Waals surface area contributed by atoms with Crippen LogP contribution in [0, 0.1) is 17.3 Å². The monoisotopic (exact) mass is 347 g/mol. The van der Waals surface area contributed by atoms with Crippen LogP contribution in [0.4, 0.5) is 0 Å². The third-order valence-electron chi connectivity index (χ3n) is 5.08. The topological polar surface area (TPSA) is 76.1 Å². The van der Waals surface area contributed by atoms with Crippen LogP contribution in [0.25, 0.3) is 0 Å². The summed E-state index contributed by atoms with van der Waals surface area (Å²) >= 11 is 0. The molecule has 3 rings (SSSR count). The molecule has 0 unspecified atom stereocenters. The summed E-state index contributed by atoms with van der Waals surface area (Å²) in [5.41, 5.74) is -0.346. The van der Waals surface area contributed by atoms with Gasteiger partial charge in [0.05, 0.1) is 18.6 Å². The summed E-state index contributed by atoms with van der Waals surface area (Å²) in [7, 11) is 0. The molecule has 0 bridgehead atoms. The van der Waals surface area contributed by atoms with Crippen LogP contribution in [0.1, 0.15) is 30.6 Å². The molecule has 2 aliphatic rings. The molecule has 0 saturated carbocycles. The molecule has 2 heterocycles. The fourth-order valence-corrected chi connectivity index (χ4v) is 3.62. The van der Waals surface area contributed by atoms with E-state index in [0.29, 0.717) is 50.0 Å². The lowest BCUT2D eigenvalue weighted by molar-refractivity contribution is -0.157. The number of ether oxygens (including phenoxy) is 2. The van der Waals surface area contributed by atoms with Crippen molar-refractivity contribution in [2.45, 2.75) is 20.3 Å². The number of aliphatic carboxylic acids is 1. The number of hydrogen-bond donors (Lipinski definition) is 1. The Balaban J connectivity index is 1.75. The average molecular weight is 347 g/mol. The van der Waals surface area contributed by atoms with Crippen molar-refractivity contribution < 1.29 is 24.2 Å². The van der Waals surface area contributed by atoms with Gasteiger partial charge in [-0.2, -0.15) is 0 Å². The maximum Gasteiger partial charge on any atom is 0.311 e. The van der Waals surface area contributed by atoms with Gasteiger partial charge in [-0.15, -0.1) is 0 Å². The molecule has 0 spiro atoms. The summed E-state index contributed by atoms with van der Waals surface area (Å²) in [6.45, 7) is 6.21. The van der Waals surface area contributed by atoms with Crippen LogP contribution in [0.3, 0.4) is 0 Å². The number of nitrogens with zero attached hydrogens (tertiary/aromatic N) is 1. The van der Waals surface area contributed by atoms with Crippen LogP contribution >= 0.6 is 0 Å². The second-order valence-electron chi connectivity index (χ2n) is 7.40. The molecule has 1 N–H and O–H groups in total. The molecule has 2 fully saturated rings. The normalized spacial score (nSPS) is 25.7. The third kappa shape index (κ3) is 3.49. The first-order valence-electron chi connectivity index (χ1n) is 8.75. The maximum atomic E-state index is 12.9. The van der Waals surface area contributed by atoms with E-state index in [1.807, 2.05) is 6.07 Å². The third-order valence-corrected chi connectivity index (χ3v) is 5.08. The van der Waals surface area contributed by atoms with Crippen molar-refractivity contribution in [1.82, 2.24) is 4.90 Å². The van der Waals surface area contributed by atoms with Crippen LogP contribution in [0.15, 0.2) is 24.3 Å². The smallest absolute Gasteiger partial charge is 0.311 e. The van der Waals surface area contributed by atoms with Gasteiger partial charge in [-0.05, 0) is 30.5 Å². The molecule has 0 aromatic heterocycles. The molecule has 2 atom stereocenters. The highest BCUT2D eigenvalue weighted by Crippen LogP contribution is 2.42. The van der Waals surface area contributed by atoms with E-state index in [1.165, 1.54) is 0 Å². The van der Waals surface area contributed by atoms with E-state index in [-0.39, 0.29) is 18.4 Å². The molecule has 1 amide bonds. The number of fused-ring (bicyclic) bond motifs is 1. The molecule has 0 aliphatic carbocycles. The van der Waals surface area contributed by atoms with Gasteiger partial charge in [-0.25, -0.2) is 0 Å². The van der Waals surface area contributed by atoms with Crippen molar-refractivity contribution in [3.63, 3.8) is 0 Å². The van der Waals surface area contributed by atoms with Gasteiger partial charge in [-0.3, -0.25) is 9.59 Å². The van der Waals surface area contributed by atoms with Gasteiger partial charge in [0.1, 0.15) is 5.75 Å². The van der Waals surface area contributed by atoms with Crippen molar-refractivity contribution in [2.75, 3.05) is 32.9 Å². The van der Waals surface area contributed by atoms with E-state index < -0.39 is 11.4 Å². The second-order valence-corrected chi connectivity index (χ2v) is 7.40. The summed E-state index contributed by atoms with van der Waals surface area (Å²) < 4.78 is 11.1. The van der Waals surface area contributed by atoms with Crippen LogP contribution in [0.2, 0.25) is 0 Å². The predicted molar refractivity (Wildman–Crippen MR) is 91.7 cm³/mol. The van der Waals surface area contributed by atoms with Gasteiger partial charge in [0.2, 0.25) is 0 Å². The Labute approximate surface area is 147 Å². The van der Waals surface area contributed by atoms with Gasteiger partial charge < -0.3 is 19.5 Å². The molecule has 6 heteroatoms. The lowest BCUT2D eigenvalue weighted by atomic mass is 9.74. The van der Waals surface area contributed by atoms with E-state index in [2.05, 4.69) is 13.8 Å². The zero-order valence-corrected chi connectivity index (χ0v) is 14.7. The Morgan fingerprint density at radius 2 is 2.24 bits per heavy atom. The number of carbonyl (C=O) groups excluding carboxylic acids is 1. The summed E-state index contributed by atoms with van der Waals surface area (Å²) in [6, 6.07) is 7.10. The van der Waals surface area contributed by atoms with Crippen LogP contribution in [0.5, 0.6) is 5.75 Å². The Hall–Kier alpha value is -2.08. The summed E-state index contributed by atoms with van der Waals surface area (Å²) in [4.78, 5) is 26.4. The van der Waals surface area contributed by atoms with E-state index >= 15 is 0 Å². The average Bonchev–Trinajstić information content (AvgIpc) is 3.00. The fourth-order valence-electron chi connectivity index (χ4n) is 3.62. The SMILES string of the molecule is CC(C)COc1cccc(C(=O)N2C[C@H]3COCC[C@@]3(C(=O)O)C2)c1. The molecule has 2 aliphatic heterocycles. The molecule has 6 nitrogen and oxygen atoms in total. The number of carboxylic acid groups (broad SMARTS) is 1. The van der Waals surface area contributed by atoms with Crippen molar-refractivity contribution in [3.05, 3.63) is 29.8 Å². The molecule has 25 heavy (non-hydrogen) atoms. The number of benzene rings is 1. The first-order valence-corrected chi connectivity index (χ1v) is 8.75. The lowest BCUT2D eigenvalue weighted by Gasteiger charge is -2.33. The quantitative estimate of drug-likeness (QED) is 0.884. The largest absolute Gasteiger partial charge is 0.493 e. The van der Waals surface area contributed by atoms with Crippen molar-refractivity contribution >= 4 is 11.9 Å². The van der Waals surface area contributed by atoms with Gasteiger partial charge >= 0.3 is 5.97 Å². The Morgan fingerprint density at radius 3 is 2.92 bits per heavy atom. The first kappa shape index (κ1) is 17.7. The van der Waals surface area contributed by atoms with Crippen LogP contribution in [-0.4, -0.2) is 54.8 Å². The van der Waals surface area contributed by atoms with E-state index in [1.54, 1.807) is 23.1 Å².